The zero-order valence-electron chi connectivity index (χ0n) is 16.9. The predicted octanol–water partition coefficient (Wildman–Crippen LogP) is 6.40. The lowest BCUT2D eigenvalue weighted by atomic mass is 9.82. The summed E-state index contributed by atoms with van der Waals surface area (Å²) in [4.78, 5) is 0. The van der Waals surface area contributed by atoms with Gasteiger partial charge in [0, 0.05) is 5.56 Å². The van der Waals surface area contributed by atoms with Crippen LogP contribution in [0, 0.1) is 0 Å². The largest absolute Gasteiger partial charge is 0.508 e. The van der Waals surface area contributed by atoms with Gasteiger partial charge in [-0.05, 0) is 90.8 Å². The van der Waals surface area contributed by atoms with Gasteiger partial charge in [-0.25, -0.2) is 0 Å². The summed E-state index contributed by atoms with van der Waals surface area (Å²) in [6, 6.07) is 19.0. The number of hydrogen-bond donors (Lipinski definition) is 1. The Morgan fingerprint density at radius 1 is 0.655 bits per heavy atom. The average molecular weight is 385 g/mol. The van der Waals surface area contributed by atoms with E-state index in [1.54, 1.807) is 0 Å². The third-order valence-corrected chi connectivity index (χ3v) is 6.51. The van der Waals surface area contributed by atoms with Gasteiger partial charge in [0.15, 0.2) is 0 Å². The number of aryl methyl sites for hydroxylation is 1. The Hall–Kier alpha value is -2.74. The molecule has 0 saturated carbocycles. The van der Waals surface area contributed by atoms with Gasteiger partial charge in [0.05, 0.1) is 0 Å². The number of hydrogen-bond acceptors (Lipinski definition) is 2. The Morgan fingerprint density at radius 2 is 1.34 bits per heavy atom. The van der Waals surface area contributed by atoms with Crippen LogP contribution in [0.5, 0.6) is 11.5 Å². The van der Waals surface area contributed by atoms with E-state index < -0.39 is 0 Å². The van der Waals surface area contributed by atoms with E-state index in [9.17, 15) is 5.11 Å². The van der Waals surface area contributed by atoms with Crippen molar-refractivity contribution in [3.63, 3.8) is 0 Å². The maximum atomic E-state index is 10.4. The third-order valence-electron chi connectivity index (χ3n) is 6.51. The van der Waals surface area contributed by atoms with Crippen LogP contribution in [0.3, 0.4) is 0 Å². The van der Waals surface area contributed by atoms with Crippen molar-refractivity contribution in [3.8, 4) is 22.6 Å². The Morgan fingerprint density at radius 3 is 2.17 bits per heavy atom. The molecular formula is C27H28O2. The highest BCUT2D eigenvalue weighted by molar-refractivity contribution is 5.78. The molecule has 2 aliphatic carbocycles. The van der Waals surface area contributed by atoms with Gasteiger partial charge >= 0.3 is 0 Å². The Kier molecular flexibility index (Phi) is 5.01. The van der Waals surface area contributed by atoms with E-state index in [-0.39, 0.29) is 0 Å². The minimum atomic E-state index is 0.452. The summed E-state index contributed by atoms with van der Waals surface area (Å²) in [5, 5.41) is 10.4. The van der Waals surface area contributed by atoms with Crippen LogP contribution < -0.4 is 4.74 Å². The van der Waals surface area contributed by atoms with Crippen molar-refractivity contribution in [1.82, 2.24) is 0 Å². The Bertz CT molecular complexity index is 1020. The molecule has 0 spiro atoms. The fraction of sp³-hybridized carbons (Fsp3) is 0.333. The number of rotatable bonds is 4. The molecule has 0 aliphatic heterocycles. The van der Waals surface area contributed by atoms with E-state index in [4.69, 9.17) is 4.74 Å². The summed E-state index contributed by atoms with van der Waals surface area (Å²) in [5.41, 5.74) is 8.92. The van der Waals surface area contributed by atoms with E-state index >= 15 is 0 Å². The normalized spacial score (nSPS) is 15.4. The van der Waals surface area contributed by atoms with Gasteiger partial charge in [-0.1, -0.05) is 48.5 Å². The average Bonchev–Trinajstić information content (AvgIpc) is 2.79. The van der Waals surface area contributed by atoms with Gasteiger partial charge in [0.2, 0.25) is 0 Å². The molecule has 2 heteroatoms. The fourth-order valence-corrected chi connectivity index (χ4v) is 5.00. The highest BCUT2D eigenvalue weighted by Gasteiger charge is 2.23. The van der Waals surface area contributed by atoms with E-state index in [2.05, 4.69) is 42.5 Å². The second kappa shape index (κ2) is 7.94. The molecule has 0 heterocycles. The highest BCUT2D eigenvalue weighted by Crippen LogP contribution is 2.43. The number of phenols is 1. The van der Waals surface area contributed by atoms with Crippen LogP contribution in [-0.2, 0) is 32.3 Å². The predicted molar refractivity (Wildman–Crippen MR) is 118 cm³/mol. The van der Waals surface area contributed by atoms with Crippen LogP contribution in [0.2, 0.25) is 0 Å². The van der Waals surface area contributed by atoms with Gasteiger partial charge < -0.3 is 9.84 Å². The van der Waals surface area contributed by atoms with E-state index in [0.717, 1.165) is 43.4 Å². The molecule has 0 atom stereocenters. The molecule has 3 aromatic rings. The van der Waals surface area contributed by atoms with Gasteiger partial charge in [-0.15, -0.1) is 0 Å². The third kappa shape index (κ3) is 3.53. The molecule has 0 amide bonds. The molecule has 0 unspecified atom stereocenters. The summed E-state index contributed by atoms with van der Waals surface area (Å²) in [6.07, 6.45) is 9.08. The van der Waals surface area contributed by atoms with E-state index in [0.29, 0.717) is 12.4 Å². The van der Waals surface area contributed by atoms with Gasteiger partial charge in [0.25, 0.3) is 0 Å². The van der Waals surface area contributed by atoms with Gasteiger partial charge in [-0.3, -0.25) is 0 Å². The first-order valence-corrected chi connectivity index (χ1v) is 11.0. The Balaban J connectivity index is 1.61. The van der Waals surface area contributed by atoms with Crippen LogP contribution >= 0.6 is 0 Å². The van der Waals surface area contributed by atoms with Crippen molar-refractivity contribution in [2.45, 2.75) is 58.0 Å². The standard InChI is InChI=1S/C27H28O2/c28-26-17-16-23(22-12-6-7-13-24(22)26)25-15-14-20-10-4-5-11-21(20)27(25)29-18-19-8-2-1-3-9-19/h1-3,8-9,14-17,28H,4-7,10-13,18H2. The molecule has 1 N–H and O–H groups in total. The first-order chi connectivity index (χ1) is 14.3. The van der Waals surface area contributed by atoms with Crippen LogP contribution in [0.4, 0.5) is 0 Å². The maximum Gasteiger partial charge on any atom is 0.131 e. The van der Waals surface area contributed by atoms with Crippen molar-refractivity contribution in [2.24, 2.45) is 0 Å². The first-order valence-electron chi connectivity index (χ1n) is 11.0. The number of fused-ring (bicyclic) bond motifs is 2. The SMILES string of the molecule is Oc1ccc(-c2ccc3c(c2OCc2ccccc2)CCCC3)c2c1CCCC2. The number of phenolic OH excluding ortho intramolecular Hbond substituents is 1. The zero-order chi connectivity index (χ0) is 19.6. The zero-order valence-corrected chi connectivity index (χ0v) is 16.9. The molecule has 5 rings (SSSR count). The van der Waals surface area contributed by atoms with Crippen molar-refractivity contribution in [1.29, 1.82) is 0 Å². The minimum Gasteiger partial charge on any atom is -0.508 e. The van der Waals surface area contributed by atoms with Crippen LogP contribution in [-0.4, -0.2) is 5.11 Å². The molecular weight excluding hydrogens is 356 g/mol. The minimum absolute atomic E-state index is 0.452. The molecule has 0 aromatic heterocycles. The first kappa shape index (κ1) is 18.3. The molecule has 0 bridgehead atoms. The van der Waals surface area contributed by atoms with Crippen molar-refractivity contribution < 1.29 is 9.84 Å². The highest BCUT2D eigenvalue weighted by atomic mass is 16.5. The number of ether oxygens (including phenoxy) is 1. The molecule has 2 aliphatic rings. The Labute approximate surface area is 173 Å². The molecule has 0 fully saturated rings. The second-order valence-electron chi connectivity index (χ2n) is 8.36. The van der Waals surface area contributed by atoms with Crippen LogP contribution in [0.15, 0.2) is 54.6 Å². The van der Waals surface area contributed by atoms with E-state index in [1.807, 2.05) is 12.1 Å². The number of aromatic hydroxyl groups is 1. The van der Waals surface area contributed by atoms with Gasteiger partial charge in [-0.2, -0.15) is 0 Å². The summed E-state index contributed by atoms with van der Waals surface area (Å²) >= 11 is 0. The quantitative estimate of drug-likeness (QED) is 0.564. The second-order valence-corrected chi connectivity index (χ2v) is 8.36. The lowest BCUT2D eigenvalue weighted by molar-refractivity contribution is 0.302. The lowest BCUT2D eigenvalue weighted by Gasteiger charge is -2.25. The molecule has 0 saturated heterocycles. The fourth-order valence-electron chi connectivity index (χ4n) is 5.00. The smallest absolute Gasteiger partial charge is 0.131 e. The van der Waals surface area contributed by atoms with Crippen LogP contribution in [0.25, 0.3) is 11.1 Å². The molecule has 2 nitrogen and oxygen atoms in total. The van der Waals surface area contributed by atoms with Crippen molar-refractivity contribution in [3.05, 3.63) is 82.4 Å². The molecule has 148 valence electrons. The lowest BCUT2D eigenvalue weighted by Crippen LogP contribution is -2.09. The molecule has 29 heavy (non-hydrogen) atoms. The summed E-state index contributed by atoms with van der Waals surface area (Å²) in [7, 11) is 0. The van der Waals surface area contributed by atoms with Crippen molar-refractivity contribution >= 4 is 0 Å². The summed E-state index contributed by atoms with van der Waals surface area (Å²) < 4.78 is 6.53. The topological polar surface area (TPSA) is 29.5 Å². The maximum absolute atomic E-state index is 10.4. The van der Waals surface area contributed by atoms with Crippen molar-refractivity contribution in [2.75, 3.05) is 0 Å². The van der Waals surface area contributed by atoms with E-state index in [1.165, 1.54) is 52.6 Å². The molecule has 3 aromatic carbocycles. The van der Waals surface area contributed by atoms with Gasteiger partial charge in [0.1, 0.15) is 18.1 Å². The summed E-state index contributed by atoms with van der Waals surface area (Å²) in [6.45, 7) is 0.588. The van der Waals surface area contributed by atoms with Crippen LogP contribution in [0.1, 0.15) is 53.5 Å². The molecule has 0 radical (unpaired) electrons. The summed E-state index contributed by atoms with van der Waals surface area (Å²) in [5.74, 6) is 1.51. The number of benzene rings is 3. The monoisotopic (exact) mass is 384 g/mol.